The van der Waals surface area contributed by atoms with E-state index in [1.165, 1.54) is 12.8 Å². The maximum atomic E-state index is 9.31. The number of hydrogen-bond donors (Lipinski definition) is 3. The number of aliphatic hydroxyl groups excluding tert-OH is 1. The van der Waals surface area contributed by atoms with Crippen molar-refractivity contribution in [2.45, 2.75) is 25.3 Å². The van der Waals surface area contributed by atoms with Crippen LogP contribution in [0.25, 0.3) is 0 Å². The second-order valence-corrected chi connectivity index (χ2v) is 6.56. The molecule has 1 saturated carbocycles. The molecule has 1 fully saturated rings. The summed E-state index contributed by atoms with van der Waals surface area (Å²) in [7, 11) is 1.64. The second kappa shape index (κ2) is 9.99. The van der Waals surface area contributed by atoms with Gasteiger partial charge in [-0.1, -0.05) is 11.6 Å². The van der Waals surface area contributed by atoms with Gasteiger partial charge in [0.05, 0.1) is 37.1 Å². The second-order valence-electron chi connectivity index (χ2n) is 6.16. The van der Waals surface area contributed by atoms with E-state index in [2.05, 4.69) is 11.1 Å². The Balaban J connectivity index is 0.000000242. The number of fused-ring (bicyclic) bond motifs is 1. The van der Waals surface area contributed by atoms with Gasteiger partial charge in [0.15, 0.2) is 0 Å². The number of benzene rings is 1. The molecule has 0 bridgehead atoms. The lowest BCUT2D eigenvalue weighted by molar-refractivity contribution is 0.0747. The third-order valence-electron chi connectivity index (χ3n) is 4.05. The molecule has 1 aliphatic carbocycles. The van der Waals surface area contributed by atoms with Gasteiger partial charge >= 0.3 is 0 Å². The quantitative estimate of drug-likeness (QED) is 0.502. The predicted octanol–water partition coefficient (Wildman–Crippen LogP) is 1.93. The van der Waals surface area contributed by atoms with E-state index in [-0.39, 0.29) is 6.61 Å². The van der Waals surface area contributed by atoms with Crippen LogP contribution < -0.4 is 16.4 Å². The number of halogens is 1. The molecule has 2 aliphatic rings. The summed E-state index contributed by atoms with van der Waals surface area (Å²) in [6, 6.07) is 4.43. The summed E-state index contributed by atoms with van der Waals surface area (Å²) in [6.07, 6.45) is 5.23. The van der Waals surface area contributed by atoms with Gasteiger partial charge in [-0.15, -0.1) is 0 Å². The largest absolute Gasteiger partial charge is 0.398 e. The number of methoxy groups -OCH3 is 1. The first kappa shape index (κ1) is 20.0. The number of nitrogens with two attached hydrogens (primary N) is 2. The number of hydrogen-bond acceptors (Lipinski definition) is 6. The molecular formula is C18H28ClN3O3. The fourth-order valence-corrected chi connectivity index (χ4v) is 2.80. The van der Waals surface area contributed by atoms with E-state index in [4.69, 9.17) is 32.5 Å². The van der Waals surface area contributed by atoms with Gasteiger partial charge in [0.1, 0.15) is 0 Å². The number of ether oxygens (including phenoxy) is 2. The summed E-state index contributed by atoms with van der Waals surface area (Å²) in [5, 5.41) is 9.91. The van der Waals surface area contributed by atoms with Crippen LogP contribution in [0.4, 0.5) is 11.4 Å². The van der Waals surface area contributed by atoms with Crippen molar-refractivity contribution in [1.29, 1.82) is 0 Å². The molecule has 1 aliphatic heterocycles. The van der Waals surface area contributed by atoms with Crippen molar-refractivity contribution in [3.05, 3.63) is 34.5 Å². The van der Waals surface area contributed by atoms with Crippen LogP contribution in [-0.4, -0.2) is 51.2 Å². The maximum Gasteiger partial charge on any atom is 0.0700 e. The topological polar surface area (TPSA) is 94.0 Å². The number of nitrogen functional groups attached to an aromatic ring is 1. The van der Waals surface area contributed by atoms with Crippen LogP contribution in [0.2, 0.25) is 5.02 Å². The Kier molecular flexibility index (Phi) is 7.99. The third kappa shape index (κ3) is 5.87. The Hall–Kier alpha value is -1.31. The summed E-state index contributed by atoms with van der Waals surface area (Å²) >= 11 is 6.08. The van der Waals surface area contributed by atoms with Gasteiger partial charge in [0.2, 0.25) is 0 Å². The monoisotopic (exact) mass is 369 g/mol. The fraction of sp³-hybridized carbons (Fsp3) is 0.556. The minimum absolute atomic E-state index is 0.102. The molecule has 1 aromatic carbocycles. The summed E-state index contributed by atoms with van der Waals surface area (Å²) in [4.78, 5) is 2.23. The van der Waals surface area contributed by atoms with Gasteiger partial charge in [-0.2, -0.15) is 0 Å². The van der Waals surface area contributed by atoms with Crippen LogP contribution in [0.5, 0.6) is 0 Å². The molecule has 3 rings (SSSR count). The van der Waals surface area contributed by atoms with Gasteiger partial charge in [-0.05, 0) is 42.5 Å². The number of anilines is 2. The molecule has 6 nitrogen and oxygen atoms in total. The minimum atomic E-state index is 0.102. The van der Waals surface area contributed by atoms with Crippen molar-refractivity contribution in [2.75, 3.05) is 50.7 Å². The normalized spacial score (nSPS) is 16.0. The zero-order chi connectivity index (χ0) is 18.2. The molecule has 0 unspecified atom stereocenters. The Morgan fingerprint density at radius 3 is 2.64 bits per heavy atom. The Morgan fingerprint density at radius 2 is 2.04 bits per heavy atom. The van der Waals surface area contributed by atoms with Crippen molar-refractivity contribution in [1.82, 2.24) is 0 Å². The Labute approximate surface area is 154 Å². The third-order valence-corrected chi connectivity index (χ3v) is 4.38. The average Bonchev–Trinajstić information content (AvgIpc) is 3.45. The Morgan fingerprint density at radius 1 is 1.28 bits per heavy atom. The molecule has 140 valence electrons. The molecule has 1 heterocycles. The molecule has 0 aromatic heterocycles. The molecule has 0 amide bonds. The smallest absolute Gasteiger partial charge is 0.0700 e. The number of nitrogens with zero attached hydrogens (tertiary/aromatic N) is 1. The van der Waals surface area contributed by atoms with Crippen LogP contribution >= 0.6 is 11.6 Å². The molecule has 0 radical (unpaired) electrons. The van der Waals surface area contributed by atoms with E-state index in [0.29, 0.717) is 43.1 Å². The van der Waals surface area contributed by atoms with Crippen LogP contribution in [0, 0.1) is 0 Å². The number of aliphatic hydroxyl groups is 1. The molecule has 0 saturated heterocycles. The van der Waals surface area contributed by atoms with Crippen molar-refractivity contribution < 1.29 is 14.6 Å². The molecule has 0 spiro atoms. The number of rotatable bonds is 7. The average molecular weight is 370 g/mol. The zero-order valence-electron chi connectivity index (χ0n) is 14.7. The van der Waals surface area contributed by atoms with Crippen molar-refractivity contribution in [2.24, 2.45) is 5.73 Å². The van der Waals surface area contributed by atoms with Gasteiger partial charge in [-0.3, -0.25) is 0 Å². The van der Waals surface area contributed by atoms with Crippen LogP contribution in [0.1, 0.15) is 18.4 Å². The first-order valence-corrected chi connectivity index (χ1v) is 8.91. The van der Waals surface area contributed by atoms with Gasteiger partial charge in [0, 0.05) is 31.6 Å². The lowest BCUT2D eigenvalue weighted by Crippen LogP contribution is -2.25. The van der Waals surface area contributed by atoms with Crippen molar-refractivity contribution in [3.63, 3.8) is 0 Å². The van der Waals surface area contributed by atoms with Gasteiger partial charge in [0.25, 0.3) is 0 Å². The highest BCUT2D eigenvalue weighted by Crippen LogP contribution is 2.40. The van der Waals surface area contributed by atoms with E-state index < -0.39 is 0 Å². The Bertz CT molecular complexity index is 585. The van der Waals surface area contributed by atoms with Crippen molar-refractivity contribution in [3.8, 4) is 0 Å². The van der Waals surface area contributed by atoms with Gasteiger partial charge < -0.3 is 30.9 Å². The van der Waals surface area contributed by atoms with E-state index in [9.17, 15) is 5.11 Å². The highest BCUT2D eigenvalue weighted by atomic mass is 35.5. The van der Waals surface area contributed by atoms with Crippen molar-refractivity contribution >= 4 is 23.0 Å². The first-order chi connectivity index (χ1) is 12.1. The lowest BCUT2D eigenvalue weighted by Gasteiger charge is -2.29. The summed E-state index contributed by atoms with van der Waals surface area (Å²) < 4.78 is 9.70. The highest BCUT2D eigenvalue weighted by molar-refractivity contribution is 6.33. The molecule has 5 N–H and O–H groups in total. The lowest BCUT2D eigenvalue weighted by atomic mass is 9.99. The summed E-state index contributed by atoms with van der Waals surface area (Å²) in [5.41, 5.74) is 14.9. The van der Waals surface area contributed by atoms with E-state index >= 15 is 0 Å². The SMILES string of the molecule is COCCOCCN.Nc1cc2c(cc1Cl)N(C1CC1)C=C(CO)C2. The van der Waals surface area contributed by atoms with Crippen LogP contribution in [0.15, 0.2) is 23.9 Å². The molecule has 0 atom stereocenters. The van der Waals surface area contributed by atoms with E-state index in [1.807, 2.05) is 12.1 Å². The summed E-state index contributed by atoms with van der Waals surface area (Å²) in [6.45, 7) is 2.62. The molecule has 7 heteroatoms. The standard InChI is InChI=1S/C13H15ClN2O.C5H13NO2/c14-11-5-13-9(4-12(11)15)3-8(7-17)6-16(13)10-1-2-10;1-7-4-5-8-3-2-6/h4-6,10,17H,1-3,7,15H2;2-6H2,1H3. The molecule has 25 heavy (non-hydrogen) atoms. The summed E-state index contributed by atoms with van der Waals surface area (Å²) in [5.74, 6) is 0. The molecule has 1 aromatic rings. The van der Waals surface area contributed by atoms with Gasteiger partial charge in [-0.25, -0.2) is 0 Å². The molecular weight excluding hydrogens is 342 g/mol. The first-order valence-electron chi connectivity index (χ1n) is 8.54. The predicted molar refractivity (Wildman–Crippen MR) is 102 cm³/mol. The van der Waals surface area contributed by atoms with E-state index in [0.717, 1.165) is 23.2 Å². The highest BCUT2D eigenvalue weighted by Gasteiger charge is 2.32. The van der Waals surface area contributed by atoms with Crippen LogP contribution in [-0.2, 0) is 15.9 Å². The van der Waals surface area contributed by atoms with Crippen LogP contribution in [0.3, 0.4) is 0 Å². The minimum Gasteiger partial charge on any atom is -0.398 e. The van der Waals surface area contributed by atoms with E-state index in [1.54, 1.807) is 7.11 Å². The maximum absolute atomic E-state index is 9.31. The fourth-order valence-electron chi connectivity index (χ4n) is 2.64. The zero-order valence-corrected chi connectivity index (χ0v) is 15.5.